The number of benzene rings is 1. The number of likely N-dealkylation sites (tertiary alicyclic amines) is 1. The van der Waals surface area contributed by atoms with Crippen LogP contribution < -0.4 is 5.32 Å². The minimum Gasteiger partial charge on any atom is -0.462 e. The number of carbonyl (C=O) groups is 3. The minimum atomic E-state index is -0.459. The highest BCUT2D eigenvalue weighted by Crippen LogP contribution is 2.22. The Morgan fingerprint density at radius 2 is 1.85 bits per heavy atom. The van der Waals surface area contributed by atoms with Crippen LogP contribution in [0.15, 0.2) is 24.3 Å². The van der Waals surface area contributed by atoms with E-state index in [1.54, 1.807) is 43.0 Å². The number of anilines is 1. The minimum absolute atomic E-state index is 0.00589. The number of hydrogen-bond acceptors (Lipinski definition) is 4. The van der Waals surface area contributed by atoms with E-state index in [2.05, 4.69) is 5.32 Å². The summed E-state index contributed by atoms with van der Waals surface area (Å²) in [6, 6.07) is 6.63. The van der Waals surface area contributed by atoms with E-state index in [-0.39, 0.29) is 30.6 Å². The molecule has 3 amide bonds. The van der Waals surface area contributed by atoms with Crippen LogP contribution in [-0.4, -0.2) is 59.5 Å². The van der Waals surface area contributed by atoms with Crippen molar-refractivity contribution in [1.82, 2.24) is 9.80 Å². The Balaban J connectivity index is 2.13. The third kappa shape index (κ3) is 5.21. The average molecular weight is 375 g/mol. The molecule has 0 radical (unpaired) electrons. The summed E-state index contributed by atoms with van der Waals surface area (Å²) in [7, 11) is 0. The van der Waals surface area contributed by atoms with E-state index in [0.29, 0.717) is 24.3 Å². The molecule has 7 nitrogen and oxygen atoms in total. The van der Waals surface area contributed by atoms with Gasteiger partial charge in [0.05, 0.1) is 17.9 Å². The first kappa shape index (κ1) is 20.7. The molecular weight excluding hydrogens is 346 g/mol. The lowest BCUT2D eigenvalue weighted by atomic mass is 10.0. The molecule has 0 bridgehead atoms. The molecule has 1 aliphatic heterocycles. The van der Waals surface area contributed by atoms with Gasteiger partial charge in [0.2, 0.25) is 5.91 Å². The first-order valence-electron chi connectivity index (χ1n) is 9.46. The van der Waals surface area contributed by atoms with Crippen molar-refractivity contribution in [3.05, 3.63) is 29.8 Å². The van der Waals surface area contributed by atoms with Crippen LogP contribution in [-0.2, 0) is 9.53 Å². The van der Waals surface area contributed by atoms with E-state index >= 15 is 0 Å². The molecule has 0 aromatic heterocycles. The summed E-state index contributed by atoms with van der Waals surface area (Å²) in [5.74, 6) is -0.392. The van der Waals surface area contributed by atoms with Gasteiger partial charge in [0, 0.05) is 32.1 Å². The molecule has 0 unspecified atom stereocenters. The molecule has 0 saturated carbocycles. The Hall–Kier alpha value is -2.57. The molecule has 27 heavy (non-hydrogen) atoms. The number of piperidine rings is 1. The summed E-state index contributed by atoms with van der Waals surface area (Å²) in [6.07, 6.45) is 1.48. The summed E-state index contributed by atoms with van der Waals surface area (Å²) in [6.45, 7) is 8.81. The van der Waals surface area contributed by atoms with Crippen LogP contribution in [0.4, 0.5) is 10.5 Å². The van der Waals surface area contributed by atoms with E-state index < -0.39 is 5.97 Å². The second-order valence-corrected chi connectivity index (χ2v) is 6.93. The monoisotopic (exact) mass is 375 g/mol. The molecule has 2 rings (SSSR count). The smallest absolute Gasteiger partial charge is 0.340 e. The number of ether oxygens (including phenoxy) is 1. The summed E-state index contributed by atoms with van der Waals surface area (Å²) < 4.78 is 5.07. The molecule has 1 N–H and O–H groups in total. The molecule has 148 valence electrons. The Morgan fingerprint density at radius 1 is 1.22 bits per heavy atom. The molecule has 1 heterocycles. The summed E-state index contributed by atoms with van der Waals surface area (Å²) in [4.78, 5) is 40.3. The van der Waals surface area contributed by atoms with E-state index in [1.807, 2.05) is 18.7 Å². The first-order valence-corrected chi connectivity index (χ1v) is 9.46. The number of nitrogens with zero attached hydrogens (tertiary/aromatic N) is 2. The summed E-state index contributed by atoms with van der Waals surface area (Å²) in [5.41, 5.74) is 0.774. The number of carbonyl (C=O) groups excluding carboxylic acids is 3. The van der Waals surface area contributed by atoms with E-state index in [0.717, 1.165) is 12.8 Å². The predicted octanol–water partition coefficient (Wildman–Crippen LogP) is 3.12. The highest BCUT2D eigenvalue weighted by atomic mass is 16.5. The number of hydrogen-bond donors (Lipinski definition) is 1. The Labute approximate surface area is 160 Å². The quantitative estimate of drug-likeness (QED) is 0.802. The maximum absolute atomic E-state index is 13.0. The molecule has 0 spiro atoms. The van der Waals surface area contributed by atoms with Gasteiger partial charge >= 0.3 is 12.0 Å². The molecule has 7 heteroatoms. The lowest BCUT2D eigenvalue weighted by Gasteiger charge is -2.40. The zero-order valence-electron chi connectivity index (χ0n) is 16.5. The zero-order valence-corrected chi connectivity index (χ0v) is 16.5. The van der Waals surface area contributed by atoms with E-state index in [4.69, 9.17) is 4.74 Å². The molecule has 1 aromatic carbocycles. The van der Waals surface area contributed by atoms with Crippen LogP contribution in [0.25, 0.3) is 0 Å². The number of nitrogens with one attached hydrogen (secondary N) is 1. The molecule has 1 aliphatic rings. The maximum Gasteiger partial charge on any atom is 0.340 e. The van der Waals surface area contributed by atoms with Crippen molar-refractivity contribution < 1.29 is 19.1 Å². The maximum atomic E-state index is 13.0. The fraction of sp³-hybridized carbons (Fsp3) is 0.550. The lowest BCUT2D eigenvalue weighted by molar-refractivity contribution is -0.130. The van der Waals surface area contributed by atoms with Crippen molar-refractivity contribution in [3.63, 3.8) is 0 Å². The van der Waals surface area contributed by atoms with Gasteiger partial charge in [0.15, 0.2) is 0 Å². The van der Waals surface area contributed by atoms with E-state index in [1.165, 1.54) is 0 Å². The van der Waals surface area contributed by atoms with Crippen LogP contribution in [0.3, 0.4) is 0 Å². The van der Waals surface area contributed by atoms with Gasteiger partial charge in [0.25, 0.3) is 0 Å². The molecule has 1 aromatic rings. The SMILES string of the molecule is CCOC(=O)c1ccccc1NC(=O)N(C(C)C)C1CCN(C(C)=O)CC1. The van der Waals surface area contributed by atoms with Crippen molar-refractivity contribution in [3.8, 4) is 0 Å². The van der Waals surface area contributed by atoms with Crippen molar-refractivity contribution in [1.29, 1.82) is 0 Å². The molecule has 0 atom stereocenters. The third-order valence-corrected chi connectivity index (χ3v) is 4.76. The highest BCUT2D eigenvalue weighted by Gasteiger charge is 2.31. The van der Waals surface area contributed by atoms with Crippen molar-refractivity contribution in [2.45, 2.75) is 52.6 Å². The van der Waals surface area contributed by atoms with Crippen LogP contribution in [0, 0.1) is 0 Å². The average Bonchev–Trinajstić information content (AvgIpc) is 2.62. The highest BCUT2D eigenvalue weighted by molar-refractivity contribution is 6.01. The van der Waals surface area contributed by atoms with Crippen LogP contribution in [0.1, 0.15) is 50.9 Å². The standard InChI is InChI=1S/C20H29N3O4/c1-5-27-19(25)17-8-6-7-9-18(17)21-20(26)23(14(2)3)16-10-12-22(13-11-16)15(4)24/h6-9,14,16H,5,10-13H2,1-4H3,(H,21,26). The van der Waals surface area contributed by atoms with Gasteiger partial charge in [-0.05, 0) is 45.7 Å². The largest absolute Gasteiger partial charge is 0.462 e. The fourth-order valence-corrected chi connectivity index (χ4v) is 3.44. The van der Waals surface area contributed by atoms with Gasteiger partial charge in [-0.2, -0.15) is 0 Å². The number of esters is 1. The van der Waals surface area contributed by atoms with Crippen molar-refractivity contribution >= 4 is 23.6 Å². The zero-order chi connectivity index (χ0) is 20.0. The Kier molecular flexibility index (Phi) is 7.21. The first-order chi connectivity index (χ1) is 12.8. The van der Waals surface area contributed by atoms with Gasteiger partial charge in [-0.15, -0.1) is 0 Å². The van der Waals surface area contributed by atoms with Crippen LogP contribution >= 0.6 is 0 Å². The molecule has 1 saturated heterocycles. The van der Waals surface area contributed by atoms with Crippen molar-refractivity contribution in [2.75, 3.05) is 25.0 Å². The Morgan fingerprint density at radius 3 is 2.41 bits per heavy atom. The molecular formula is C20H29N3O4. The van der Waals surface area contributed by atoms with Crippen molar-refractivity contribution in [2.24, 2.45) is 0 Å². The normalized spacial score (nSPS) is 14.8. The number of urea groups is 1. The number of amides is 3. The summed E-state index contributed by atoms with van der Waals surface area (Å²) >= 11 is 0. The van der Waals surface area contributed by atoms with Gasteiger partial charge < -0.3 is 19.9 Å². The second-order valence-electron chi connectivity index (χ2n) is 6.93. The summed E-state index contributed by atoms with van der Waals surface area (Å²) in [5, 5.41) is 2.87. The van der Waals surface area contributed by atoms with Crippen LogP contribution in [0.2, 0.25) is 0 Å². The number of rotatable bonds is 5. The molecule has 1 fully saturated rings. The van der Waals surface area contributed by atoms with Crippen LogP contribution in [0.5, 0.6) is 0 Å². The van der Waals surface area contributed by atoms with Gasteiger partial charge in [-0.1, -0.05) is 12.1 Å². The van der Waals surface area contributed by atoms with Gasteiger partial charge in [-0.3, -0.25) is 4.79 Å². The second kappa shape index (κ2) is 9.39. The topological polar surface area (TPSA) is 79.0 Å². The Bertz CT molecular complexity index is 682. The fourth-order valence-electron chi connectivity index (χ4n) is 3.44. The lowest BCUT2D eigenvalue weighted by Crippen LogP contribution is -2.52. The van der Waals surface area contributed by atoms with Gasteiger partial charge in [0.1, 0.15) is 0 Å². The third-order valence-electron chi connectivity index (χ3n) is 4.76. The molecule has 0 aliphatic carbocycles. The predicted molar refractivity (Wildman–Crippen MR) is 104 cm³/mol. The van der Waals surface area contributed by atoms with E-state index in [9.17, 15) is 14.4 Å². The van der Waals surface area contributed by atoms with Gasteiger partial charge in [-0.25, -0.2) is 9.59 Å². The number of para-hydroxylation sites is 1.